The number of amides is 3. The number of likely N-dealkylation sites (tertiary alicyclic amines) is 1. The Balaban J connectivity index is 1.49. The third kappa shape index (κ3) is 3.34. The van der Waals surface area contributed by atoms with Crippen LogP contribution in [-0.4, -0.2) is 41.9 Å². The zero-order valence-electron chi connectivity index (χ0n) is 16.3. The minimum atomic E-state index is -0.410. The van der Waals surface area contributed by atoms with Gasteiger partial charge in [0.1, 0.15) is 24.1 Å². The highest BCUT2D eigenvalue weighted by molar-refractivity contribution is 6.08. The molecule has 2 aliphatic heterocycles. The smallest absolute Gasteiger partial charge is 0.244 e. The van der Waals surface area contributed by atoms with Crippen molar-refractivity contribution in [1.82, 2.24) is 4.90 Å². The van der Waals surface area contributed by atoms with E-state index in [-0.39, 0.29) is 36.3 Å². The summed E-state index contributed by atoms with van der Waals surface area (Å²) in [5.41, 5.74) is 1.54. The first-order valence-electron chi connectivity index (χ1n) is 10.1. The van der Waals surface area contributed by atoms with Crippen LogP contribution in [0.4, 0.5) is 5.69 Å². The summed E-state index contributed by atoms with van der Waals surface area (Å²) in [7, 11) is 0. The summed E-state index contributed by atoms with van der Waals surface area (Å²) in [4.78, 5) is 38.9. The SMILES string of the molecule is CCOc1cc2c(cc1NC(=O)CN1C(=O)[C@@H]3CCCC[C@H]3C1=O)O[C@@H](C)C2. The highest BCUT2D eigenvalue weighted by Crippen LogP contribution is 2.39. The maximum Gasteiger partial charge on any atom is 0.244 e. The van der Waals surface area contributed by atoms with E-state index >= 15 is 0 Å². The molecule has 4 rings (SSSR count). The highest BCUT2D eigenvalue weighted by Gasteiger charge is 2.48. The van der Waals surface area contributed by atoms with Gasteiger partial charge in [0.05, 0.1) is 24.1 Å². The zero-order chi connectivity index (χ0) is 19.8. The van der Waals surface area contributed by atoms with Crippen LogP contribution in [0.15, 0.2) is 12.1 Å². The van der Waals surface area contributed by atoms with E-state index in [0.717, 1.165) is 48.3 Å². The van der Waals surface area contributed by atoms with E-state index in [1.54, 1.807) is 6.07 Å². The number of ether oxygens (including phenoxy) is 2. The molecule has 0 bridgehead atoms. The van der Waals surface area contributed by atoms with Crippen LogP contribution in [-0.2, 0) is 20.8 Å². The lowest BCUT2D eigenvalue weighted by atomic mass is 9.81. The van der Waals surface area contributed by atoms with Crippen molar-refractivity contribution in [3.8, 4) is 11.5 Å². The van der Waals surface area contributed by atoms with Crippen LogP contribution < -0.4 is 14.8 Å². The van der Waals surface area contributed by atoms with E-state index in [1.807, 2.05) is 19.9 Å². The van der Waals surface area contributed by atoms with Crippen LogP contribution in [0, 0.1) is 11.8 Å². The fourth-order valence-electron chi connectivity index (χ4n) is 4.53. The molecule has 2 heterocycles. The van der Waals surface area contributed by atoms with Gasteiger partial charge >= 0.3 is 0 Å². The highest BCUT2D eigenvalue weighted by atomic mass is 16.5. The number of rotatable bonds is 5. The molecule has 0 unspecified atom stereocenters. The predicted molar refractivity (Wildman–Crippen MR) is 102 cm³/mol. The lowest BCUT2D eigenvalue weighted by Crippen LogP contribution is -2.38. The number of carbonyl (C=O) groups is 3. The summed E-state index contributed by atoms with van der Waals surface area (Å²) in [6.45, 7) is 4.07. The van der Waals surface area contributed by atoms with Crippen molar-refractivity contribution in [2.24, 2.45) is 11.8 Å². The number of carbonyl (C=O) groups excluding carboxylic acids is 3. The number of benzene rings is 1. The van der Waals surface area contributed by atoms with Crippen LogP contribution in [0.25, 0.3) is 0 Å². The lowest BCUT2D eigenvalue weighted by Gasteiger charge is -2.19. The molecule has 150 valence electrons. The molecule has 1 aliphatic carbocycles. The second kappa shape index (κ2) is 7.45. The molecular weight excluding hydrogens is 360 g/mol. The molecule has 7 nitrogen and oxygen atoms in total. The summed E-state index contributed by atoms with van der Waals surface area (Å²) in [6, 6.07) is 3.65. The fourth-order valence-corrected chi connectivity index (χ4v) is 4.53. The lowest BCUT2D eigenvalue weighted by molar-refractivity contribution is -0.142. The molecule has 1 N–H and O–H groups in total. The van der Waals surface area contributed by atoms with Crippen molar-refractivity contribution in [3.05, 3.63) is 17.7 Å². The van der Waals surface area contributed by atoms with Gasteiger partial charge in [0, 0.05) is 18.1 Å². The molecular formula is C21H26N2O5. The van der Waals surface area contributed by atoms with Gasteiger partial charge in [-0.2, -0.15) is 0 Å². The van der Waals surface area contributed by atoms with Crippen LogP contribution in [0.2, 0.25) is 0 Å². The van der Waals surface area contributed by atoms with Crippen molar-refractivity contribution < 1.29 is 23.9 Å². The molecule has 0 radical (unpaired) electrons. The third-order valence-corrected chi connectivity index (χ3v) is 5.81. The standard InChI is InChI=1S/C21H26N2O5/c1-3-27-18-9-13-8-12(2)28-17(13)10-16(18)22-19(24)11-23-20(25)14-6-4-5-7-15(14)21(23)26/h9-10,12,14-15H,3-8,11H2,1-2H3,(H,22,24)/t12-,14+,15+/m0/s1. The maximum atomic E-state index is 12.6. The molecule has 3 amide bonds. The van der Waals surface area contributed by atoms with Gasteiger partial charge in [0.25, 0.3) is 0 Å². The van der Waals surface area contributed by atoms with E-state index in [4.69, 9.17) is 9.47 Å². The molecule has 0 aromatic heterocycles. The molecule has 1 saturated carbocycles. The molecule has 0 spiro atoms. The Morgan fingerprint density at radius 2 is 1.89 bits per heavy atom. The van der Waals surface area contributed by atoms with Crippen LogP contribution in [0.1, 0.15) is 45.1 Å². The Hall–Kier alpha value is -2.57. The largest absolute Gasteiger partial charge is 0.492 e. The Labute approximate surface area is 164 Å². The summed E-state index contributed by atoms with van der Waals surface area (Å²) >= 11 is 0. The van der Waals surface area contributed by atoms with E-state index in [0.29, 0.717) is 18.0 Å². The number of fused-ring (bicyclic) bond motifs is 2. The molecule has 1 saturated heterocycles. The van der Waals surface area contributed by atoms with Gasteiger partial charge in [0.2, 0.25) is 17.7 Å². The molecule has 1 aromatic rings. The van der Waals surface area contributed by atoms with E-state index in [9.17, 15) is 14.4 Å². The van der Waals surface area contributed by atoms with Crippen LogP contribution in [0.5, 0.6) is 11.5 Å². The quantitative estimate of drug-likeness (QED) is 0.786. The number of imide groups is 1. The molecule has 7 heteroatoms. The maximum absolute atomic E-state index is 12.6. The Bertz CT molecular complexity index is 797. The number of anilines is 1. The van der Waals surface area contributed by atoms with Gasteiger partial charge < -0.3 is 14.8 Å². The van der Waals surface area contributed by atoms with Gasteiger partial charge in [-0.1, -0.05) is 12.8 Å². The van der Waals surface area contributed by atoms with Gasteiger partial charge in [-0.05, 0) is 32.8 Å². The molecule has 1 aromatic carbocycles. The number of hydrogen-bond donors (Lipinski definition) is 1. The van der Waals surface area contributed by atoms with Gasteiger partial charge in [-0.15, -0.1) is 0 Å². The molecule has 3 aliphatic rings. The van der Waals surface area contributed by atoms with Crippen molar-refractivity contribution >= 4 is 23.4 Å². The molecule has 2 fully saturated rings. The first kappa shape index (κ1) is 18.8. The van der Waals surface area contributed by atoms with Crippen molar-refractivity contribution in [2.75, 3.05) is 18.5 Å². The predicted octanol–water partition coefficient (Wildman–Crippen LogP) is 2.52. The number of hydrogen-bond acceptors (Lipinski definition) is 5. The Morgan fingerprint density at radius 3 is 2.54 bits per heavy atom. The number of nitrogens with one attached hydrogen (secondary N) is 1. The average Bonchev–Trinajstić information content (AvgIpc) is 3.14. The average molecular weight is 386 g/mol. The topological polar surface area (TPSA) is 84.9 Å². The number of nitrogens with zero attached hydrogens (tertiary/aromatic N) is 1. The van der Waals surface area contributed by atoms with Crippen molar-refractivity contribution in [1.29, 1.82) is 0 Å². The first-order valence-corrected chi connectivity index (χ1v) is 10.1. The third-order valence-electron chi connectivity index (χ3n) is 5.81. The van der Waals surface area contributed by atoms with Crippen LogP contribution >= 0.6 is 0 Å². The summed E-state index contributed by atoms with van der Waals surface area (Å²) in [5.74, 6) is -0.0224. The van der Waals surface area contributed by atoms with E-state index < -0.39 is 5.91 Å². The minimum Gasteiger partial charge on any atom is -0.492 e. The van der Waals surface area contributed by atoms with Crippen molar-refractivity contribution in [2.45, 2.75) is 52.1 Å². The van der Waals surface area contributed by atoms with E-state index in [2.05, 4.69) is 5.32 Å². The molecule has 28 heavy (non-hydrogen) atoms. The zero-order valence-corrected chi connectivity index (χ0v) is 16.3. The normalized spacial score (nSPS) is 25.9. The fraction of sp³-hybridized carbons (Fsp3) is 0.571. The van der Waals surface area contributed by atoms with Gasteiger partial charge in [-0.3, -0.25) is 19.3 Å². The first-order chi connectivity index (χ1) is 13.5. The van der Waals surface area contributed by atoms with Crippen molar-refractivity contribution in [3.63, 3.8) is 0 Å². The Kier molecular flexibility index (Phi) is 5.00. The second-order valence-corrected chi connectivity index (χ2v) is 7.83. The summed E-state index contributed by atoms with van der Waals surface area (Å²) < 4.78 is 11.4. The van der Waals surface area contributed by atoms with Gasteiger partial charge in [0.15, 0.2) is 0 Å². The monoisotopic (exact) mass is 386 g/mol. The minimum absolute atomic E-state index is 0.0821. The van der Waals surface area contributed by atoms with E-state index in [1.165, 1.54) is 0 Å². The summed E-state index contributed by atoms with van der Waals surface area (Å²) in [6.07, 6.45) is 4.28. The summed E-state index contributed by atoms with van der Waals surface area (Å²) in [5, 5.41) is 2.80. The molecule has 3 atom stereocenters. The van der Waals surface area contributed by atoms with Gasteiger partial charge in [-0.25, -0.2) is 0 Å². The van der Waals surface area contributed by atoms with Crippen LogP contribution in [0.3, 0.4) is 0 Å². The second-order valence-electron chi connectivity index (χ2n) is 7.83. The Morgan fingerprint density at radius 1 is 1.21 bits per heavy atom.